The molecule has 0 saturated carbocycles. The second-order valence-corrected chi connectivity index (χ2v) is 9.88. The van der Waals surface area contributed by atoms with Crippen LogP contribution in [0.3, 0.4) is 0 Å². The van der Waals surface area contributed by atoms with E-state index in [2.05, 4.69) is 41.9 Å². The Morgan fingerprint density at radius 3 is 2.72 bits per heavy atom. The van der Waals surface area contributed by atoms with E-state index in [1.165, 1.54) is 11.3 Å². The SMILES string of the molecule is COCCCN(Cc1nc2scc(-c3cc(C)ccc3C)c2c(=O)[nH]1)C[C@H](O)COc1ccccc1. The predicted molar refractivity (Wildman–Crippen MR) is 145 cm³/mol. The number of aromatic nitrogens is 2. The molecular formula is C28H33N3O4S. The molecule has 0 radical (unpaired) electrons. The first-order valence-corrected chi connectivity index (χ1v) is 13.0. The molecule has 0 aliphatic carbocycles. The first-order valence-electron chi connectivity index (χ1n) is 12.1. The summed E-state index contributed by atoms with van der Waals surface area (Å²) >= 11 is 1.48. The second-order valence-electron chi connectivity index (χ2n) is 9.02. The summed E-state index contributed by atoms with van der Waals surface area (Å²) in [5.41, 5.74) is 4.11. The van der Waals surface area contributed by atoms with E-state index < -0.39 is 6.10 Å². The third kappa shape index (κ3) is 6.59. The zero-order chi connectivity index (χ0) is 25.5. The first kappa shape index (κ1) is 26.0. The Labute approximate surface area is 215 Å². The average molecular weight is 508 g/mol. The number of aliphatic hydroxyl groups excluding tert-OH is 1. The van der Waals surface area contributed by atoms with Crippen molar-refractivity contribution in [1.82, 2.24) is 14.9 Å². The number of para-hydroxylation sites is 1. The van der Waals surface area contributed by atoms with Crippen molar-refractivity contribution in [3.8, 4) is 16.9 Å². The molecule has 0 fully saturated rings. The normalized spacial score (nSPS) is 12.4. The highest BCUT2D eigenvalue weighted by Gasteiger charge is 2.18. The Bertz CT molecular complexity index is 1340. The van der Waals surface area contributed by atoms with Crippen LogP contribution >= 0.6 is 11.3 Å². The van der Waals surface area contributed by atoms with Crippen LogP contribution < -0.4 is 10.3 Å². The maximum atomic E-state index is 13.2. The molecule has 2 aromatic carbocycles. The highest BCUT2D eigenvalue weighted by molar-refractivity contribution is 7.17. The minimum atomic E-state index is -0.694. The molecular weight excluding hydrogens is 474 g/mol. The van der Waals surface area contributed by atoms with E-state index in [9.17, 15) is 9.90 Å². The number of ether oxygens (including phenoxy) is 2. The van der Waals surface area contributed by atoms with Crippen molar-refractivity contribution in [3.05, 3.63) is 81.2 Å². The van der Waals surface area contributed by atoms with Crippen LogP contribution in [0.5, 0.6) is 5.75 Å². The van der Waals surface area contributed by atoms with Crippen LogP contribution in [0.4, 0.5) is 0 Å². The molecule has 0 unspecified atom stereocenters. The van der Waals surface area contributed by atoms with Crippen molar-refractivity contribution < 1.29 is 14.6 Å². The van der Waals surface area contributed by atoms with Crippen molar-refractivity contribution in [2.75, 3.05) is 33.4 Å². The lowest BCUT2D eigenvalue weighted by Crippen LogP contribution is -2.37. The molecule has 2 N–H and O–H groups in total. The Morgan fingerprint density at radius 1 is 1.14 bits per heavy atom. The van der Waals surface area contributed by atoms with Crippen LogP contribution in [-0.2, 0) is 11.3 Å². The number of hydrogen-bond donors (Lipinski definition) is 2. The smallest absolute Gasteiger partial charge is 0.260 e. The Hall–Kier alpha value is -3.04. The Balaban J connectivity index is 1.51. The van der Waals surface area contributed by atoms with Crippen LogP contribution in [0.1, 0.15) is 23.4 Å². The fourth-order valence-electron chi connectivity index (χ4n) is 4.23. The summed E-state index contributed by atoms with van der Waals surface area (Å²) in [4.78, 5) is 23.7. The summed E-state index contributed by atoms with van der Waals surface area (Å²) in [5, 5.41) is 13.3. The summed E-state index contributed by atoms with van der Waals surface area (Å²) in [6.45, 7) is 6.38. The lowest BCUT2D eigenvalue weighted by Gasteiger charge is -2.24. The van der Waals surface area contributed by atoms with Crippen LogP contribution in [-0.4, -0.2) is 59.5 Å². The van der Waals surface area contributed by atoms with Crippen LogP contribution in [0, 0.1) is 13.8 Å². The molecule has 0 amide bonds. The fourth-order valence-corrected chi connectivity index (χ4v) is 5.19. The average Bonchev–Trinajstić information content (AvgIpc) is 3.29. The van der Waals surface area contributed by atoms with Gasteiger partial charge >= 0.3 is 0 Å². The molecule has 2 aromatic heterocycles. The van der Waals surface area contributed by atoms with Gasteiger partial charge in [-0.25, -0.2) is 4.98 Å². The van der Waals surface area contributed by atoms with Gasteiger partial charge in [-0.2, -0.15) is 0 Å². The van der Waals surface area contributed by atoms with Crippen molar-refractivity contribution in [3.63, 3.8) is 0 Å². The molecule has 0 aliphatic heterocycles. The standard InChI is InChI=1S/C28H33N3O4S/c1-19-10-11-20(2)23(14-19)24-18-36-28-26(24)27(33)29-25(30-28)16-31(12-7-13-34-3)15-21(32)17-35-22-8-5-4-6-9-22/h4-6,8-11,14,18,21,32H,7,12-13,15-17H2,1-3H3,(H,29,30,33)/t21-/m0/s1. The zero-order valence-electron chi connectivity index (χ0n) is 21.0. The molecule has 0 bridgehead atoms. The quantitative estimate of drug-likeness (QED) is 0.274. The van der Waals surface area contributed by atoms with Crippen molar-refractivity contribution >= 4 is 21.6 Å². The van der Waals surface area contributed by atoms with Crippen molar-refractivity contribution in [2.24, 2.45) is 0 Å². The van der Waals surface area contributed by atoms with Crippen LogP contribution in [0.25, 0.3) is 21.3 Å². The van der Waals surface area contributed by atoms with Gasteiger partial charge in [-0.3, -0.25) is 9.69 Å². The number of aryl methyl sites for hydroxylation is 2. The molecule has 4 aromatic rings. The molecule has 0 saturated heterocycles. The summed E-state index contributed by atoms with van der Waals surface area (Å²) in [6, 6.07) is 15.7. The number of aromatic amines is 1. The van der Waals surface area contributed by atoms with Gasteiger partial charge in [0, 0.05) is 37.7 Å². The molecule has 8 heteroatoms. The van der Waals surface area contributed by atoms with Gasteiger partial charge in [0.15, 0.2) is 0 Å². The molecule has 36 heavy (non-hydrogen) atoms. The van der Waals surface area contributed by atoms with E-state index in [0.29, 0.717) is 37.5 Å². The van der Waals surface area contributed by atoms with Gasteiger partial charge in [0.1, 0.15) is 29.1 Å². The molecule has 4 rings (SSSR count). The van der Waals surface area contributed by atoms with E-state index in [1.54, 1.807) is 7.11 Å². The van der Waals surface area contributed by atoms with Crippen LogP contribution in [0.15, 0.2) is 58.7 Å². The Kier molecular flexibility index (Phi) is 8.88. The maximum absolute atomic E-state index is 13.2. The number of fused-ring (bicyclic) bond motifs is 1. The zero-order valence-corrected chi connectivity index (χ0v) is 21.8. The topological polar surface area (TPSA) is 87.7 Å². The minimum Gasteiger partial charge on any atom is -0.491 e. The number of hydrogen-bond acceptors (Lipinski definition) is 7. The second kappa shape index (κ2) is 12.3. The van der Waals surface area contributed by atoms with Crippen molar-refractivity contribution in [2.45, 2.75) is 32.9 Å². The van der Waals surface area contributed by atoms with Gasteiger partial charge in [-0.1, -0.05) is 42.0 Å². The number of thiophene rings is 1. The molecule has 0 aliphatic rings. The maximum Gasteiger partial charge on any atom is 0.260 e. The van der Waals surface area contributed by atoms with Gasteiger partial charge < -0.3 is 19.6 Å². The van der Waals surface area contributed by atoms with Gasteiger partial charge in [0.2, 0.25) is 0 Å². The number of nitrogens with zero attached hydrogens (tertiary/aromatic N) is 2. The highest BCUT2D eigenvalue weighted by atomic mass is 32.1. The van der Waals surface area contributed by atoms with E-state index in [4.69, 9.17) is 14.5 Å². The number of aliphatic hydroxyl groups is 1. The number of rotatable bonds is 12. The number of benzene rings is 2. The van der Waals surface area contributed by atoms with Gasteiger partial charge in [0.25, 0.3) is 5.56 Å². The third-order valence-corrected chi connectivity index (χ3v) is 6.90. The number of nitrogens with one attached hydrogen (secondary N) is 1. The lowest BCUT2D eigenvalue weighted by molar-refractivity contribution is 0.0609. The van der Waals surface area contributed by atoms with Crippen LogP contribution in [0.2, 0.25) is 0 Å². The van der Waals surface area contributed by atoms with Crippen molar-refractivity contribution in [1.29, 1.82) is 0 Å². The number of H-pyrrole nitrogens is 1. The highest BCUT2D eigenvalue weighted by Crippen LogP contribution is 2.33. The molecule has 2 heterocycles. The summed E-state index contributed by atoms with van der Waals surface area (Å²) < 4.78 is 10.9. The third-order valence-electron chi connectivity index (χ3n) is 6.03. The van der Waals surface area contributed by atoms with E-state index in [-0.39, 0.29) is 12.2 Å². The first-order chi connectivity index (χ1) is 17.4. The lowest BCUT2D eigenvalue weighted by atomic mass is 9.99. The monoisotopic (exact) mass is 507 g/mol. The molecule has 190 valence electrons. The molecule has 7 nitrogen and oxygen atoms in total. The van der Waals surface area contributed by atoms with E-state index >= 15 is 0 Å². The minimum absolute atomic E-state index is 0.142. The van der Waals surface area contributed by atoms with Gasteiger partial charge in [0.05, 0.1) is 11.9 Å². The predicted octanol–water partition coefficient (Wildman–Crippen LogP) is 4.55. The molecule has 0 spiro atoms. The fraction of sp³-hybridized carbons (Fsp3) is 0.357. The number of methoxy groups -OCH3 is 1. The van der Waals surface area contributed by atoms with E-state index in [1.807, 2.05) is 35.7 Å². The van der Waals surface area contributed by atoms with Gasteiger partial charge in [-0.05, 0) is 43.5 Å². The molecule has 1 atom stereocenters. The van der Waals surface area contributed by atoms with Gasteiger partial charge in [-0.15, -0.1) is 11.3 Å². The summed E-state index contributed by atoms with van der Waals surface area (Å²) in [5.74, 6) is 1.30. The van der Waals surface area contributed by atoms with E-state index in [0.717, 1.165) is 39.3 Å². The summed E-state index contributed by atoms with van der Waals surface area (Å²) in [6.07, 6.45) is 0.103. The summed E-state index contributed by atoms with van der Waals surface area (Å²) in [7, 11) is 1.67. The Morgan fingerprint density at radius 2 is 1.94 bits per heavy atom. The largest absolute Gasteiger partial charge is 0.491 e.